The fraction of sp³-hybridized carbons (Fsp3) is 0.429. The molecule has 0 atom stereocenters. The molecule has 2 aromatic rings. The fourth-order valence-electron chi connectivity index (χ4n) is 2.23. The van der Waals surface area contributed by atoms with Gasteiger partial charge in [0, 0.05) is 19.8 Å². The van der Waals surface area contributed by atoms with Crippen molar-refractivity contribution in [3.05, 3.63) is 34.4 Å². The number of nitrogens with one attached hydrogen (secondary N) is 1. The topological polar surface area (TPSA) is 51.9 Å². The van der Waals surface area contributed by atoms with Crippen molar-refractivity contribution in [3.8, 4) is 0 Å². The quantitative estimate of drug-likeness (QED) is 0.942. The average molecular weight is 295 g/mol. The Morgan fingerprint density at radius 1 is 1.45 bits per heavy atom. The summed E-state index contributed by atoms with van der Waals surface area (Å²) in [5, 5.41) is 7.92. The van der Waals surface area contributed by atoms with Gasteiger partial charge >= 0.3 is 0 Å². The van der Waals surface area contributed by atoms with Crippen LogP contribution in [0.15, 0.2) is 12.3 Å². The van der Waals surface area contributed by atoms with Crippen molar-refractivity contribution in [1.29, 1.82) is 0 Å². The minimum absolute atomic E-state index is 0.179. The maximum absolute atomic E-state index is 12.3. The summed E-state index contributed by atoms with van der Waals surface area (Å²) < 4.78 is 3.63. The minimum atomic E-state index is -0.179. The lowest BCUT2D eigenvalue weighted by Gasteiger charge is -2.07. The van der Waals surface area contributed by atoms with Gasteiger partial charge in [0.1, 0.15) is 5.69 Å². The number of carbonyl (C=O) groups excluding carboxylic acids is 1. The van der Waals surface area contributed by atoms with Gasteiger partial charge in [0.2, 0.25) is 0 Å². The summed E-state index contributed by atoms with van der Waals surface area (Å²) in [6.07, 6.45) is 2.71. The fourth-order valence-corrected chi connectivity index (χ4v) is 2.48. The van der Waals surface area contributed by atoms with E-state index in [0.29, 0.717) is 10.7 Å². The molecule has 0 radical (unpaired) electrons. The van der Waals surface area contributed by atoms with Crippen molar-refractivity contribution >= 4 is 23.2 Å². The van der Waals surface area contributed by atoms with Gasteiger partial charge in [-0.3, -0.25) is 9.48 Å². The molecule has 108 valence electrons. The van der Waals surface area contributed by atoms with E-state index in [1.165, 1.54) is 0 Å². The van der Waals surface area contributed by atoms with Crippen molar-refractivity contribution in [2.24, 2.45) is 7.05 Å². The number of aromatic nitrogens is 3. The van der Waals surface area contributed by atoms with Crippen LogP contribution in [0, 0.1) is 13.8 Å². The number of anilines is 1. The lowest BCUT2D eigenvalue weighted by molar-refractivity contribution is 0.101. The number of rotatable bonds is 4. The maximum Gasteiger partial charge on any atom is 0.272 e. The second-order valence-electron chi connectivity index (χ2n) is 4.88. The van der Waals surface area contributed by atoms with E-state index < -0.39 is 0 Å². The van der Waals surface area contributed by atoms with Gasteiger partial charge in [0.15, 0.2) is 0 Å². The van der Waals surface area contributed by atoms with Gasteiger partial charge in [0.25, 0.3) is 5.91 Å². The number of amides is 1. The lowest BCUT2D eigenvalue weighted by Crippen LogP contribution is -2.16. The number of halogens is 1. The zero-order valence-corrected chi connectivity index (χ0v) is 13.0. The van der Waals surface area contributed by atoms with Crippen LogP contribution in [-0.4, -0.2) is 20.3 Å². The lowest BCUT2D eigenvalue weighted by atomic mass is 10.3. The van der Waals surface area contributed by atoms with Crippen molar-refractivity contribution in [1.82, 2.24) is 14.3 Å². The zero-order chi connectivity index (χ0) is 14.9. The Kier molecular flexibility index (Phi) is 4.18. The molecule has 0 aromatic carbocycles. The number of hydrogen-bond acceptors (Lipinski definition) is 2. The summed E-state index contributed by atoms with van der Waals surface area (Å²) in [5.41, 5.74) is 3.10. The summed E-state index contributed by atoms with van der Waals surface area (Å²) in [6, 6.07) is 1.65. The molecule has 5 nitrogen and oxygen atoms in total. The van der Waals surface area contributed by atoms with E-state index in [2.05, 4.69) is 17.3 Å². The predicted octanol–water partition coefficient (Wildman–Crippen LogP) is 3.15. The molecular formula is C14H19ClN4O. The second kappa shape index (κ2) is 5.71. The molecule has 6 heteroatoms. The second-order valence-corrected chi connectivity index (χ2v) is 5.31. The first kappa shape index (κ1) is 14.7. The summed E-state index contributed by atoms with van der Waals surface area (Å²) in [6.45, 7) is 6.80. The van der Waals surface area contributed by atoms with Crippen LogP contribution >= 0.6 is 11.6 Å². The Morgan fingerprint density at radius 2 is 2.15 bits per heavy atom. The van der Waals surface area contributed by atoms with Crippen molar-refractivity contribution < 1.29 is 4.79 Å². The first-order chi connectivity index (χ1) is 9.43. The first-order valence-corrected chi connectivity index (χ1v) is 6.99. The Balaban J connectivity index is 2.26. The molecular weight excluding hydrogens is 276 g/mol. The maximum atomic E-state index is 12.3. The molecule has 0 fully saturated rings. The molecule has 1 amide bonds. The molecule has 0 spiro atoms. The summed E-state index contributed by atoms with van der Waals surface area (Å²) >= 11 is 5.90. The third kappa shape index (κ3) is 2.72. The van der Waals surface area contributed by atoms with Gasteiger partial charge in [-0.25, -0.2) is 0 Å². The van der Waals surface area contributed by atoms with E-state index in [1.807, 2.05) is 18.5 Å². The molecule has 0 aliphatic carbocycles. The standard InChI is InChI=1S/C14H19ClN4O/c1-5-6-19-10(3)13(9(2)17-19)16-14(20)12-7-11(15)8-18(12)4/h7-8H,5-6H2,1-4H3,(H,16,20). The molecule has 2 rings (SSSR count). The Morgan fingerprint density at radius 3 is 2.70 bits per heavy atom. The number of hydrogen-bond donors (Lipinski definition) is 1. The smallest absolute Gasteiger partial charge is 0.272 e. The van der Waals surface area contributed by atoms with Gasteiger partial charge < -0.3 is 9.88 Å². The highest BCUT2D eigenvalue weighted by Crippen LogP contribution is 2.21. The van der Waals surface area contributed by atoms with Crippen molar-refractivity contribution in [3.63, 3.8) is 0 Å². The van der Waals surface area contributed by atoms with E-state index in [1.54, 1.807) is 23.9 Å². The average Bonchev–Trinajstić information content (AvgIpc) is 2.84. The SMILES string of the molecule is CCCn1nc(C)c(NC(=O)c2cc(Cl)cn2C)c1C. The van der Waals surface area contributed by atoms with E-state index in [9.17, 15) is 4.79 Å². The summed E-state index contributed by atoms with van der Waals surface area (Å²) in [7, 11) is 1.79. The third-order valence-corrected chi connectivity index (χ3v) is 3.47. The highest BCUT2D eigenvalue weighted by molar-refractivity contribution is 6.31. The molecule has 20 heavy (non-hydrogen) atoms. The minimum Gasteiger partial charge on any atom is -0.345 e. The van der Waals surface area contributed by atoms with Gasteiger partial charge in [0.05, 0.1) is 22.1 Å². The third-order valence-electron chi connectivity index (χ3n) is 3.26. The van der Waals surface area contributed by atoms with E-state index in [4.69, 9.17) is 11.6 Å². The Hall–Kier alpha value is -1.75. The molecule has 0 unspecified atom stereocenters. The van der Waals surface area contributed by atoms with E-state index >= 15 is 0 Å². The number of carbonyl (C=O) groups is 1. The van der Waals surface area contributed by atoms with Crippen LogP contribution in [0.25, 0.3) is 0 Å². The molecule has 0 bridgehead atoms. The van der Waals surface area contributed by atoms with Crippen LogP contribution in [-0.2, 0) is 13.6 Å². The van der Waals surface area contributed by atoms with Gasteiger partial charge in [-0.05, 0) is 26.3 Å². The molecule has 1 N–H and O–H groups in total. The Labute approximate surface area is 123 Å². The molecule has 2 heterocycles. The first-order valence-electron chi connectivity index (χ1n) is 6.61. The van der Waals surface area contributed by atoms with E-state index in [0.717, 1.165) is 30.0 Å². The van der Waals surface area contributed by atoms with Crippen LogP contribution in [0.3, 0.4) is 0 Å². The summed E-state index contributed by atoms with van der Waals surface area (Å²) in [4.78, 5) is 12.3. The Bertz CT molecular complexity index is 642. The predicted molar refractivity (Wildman–Crippen MR) is 80.4 cm³/mol. The van der Waals surface area contributed by atoms with Gasteiger partial charge in [-0.1, -0.05) is 18.5 Å². The molecule has 0 saturated carbocycles. The summed E-state index contributed by atoms with van der Waals surface area (Å²) in [5.74, 6) is -0.179. The van der Waals surface area contributed by atoms with Crippen LogP contribution in [0.5, 0.6) is 0 Å². The largest absolute Gasteiger partial charge is 0.345 e. The highest BCUT2D eigenvalue weighted by Gasteiger charge is 2.17. The van der Waals surface area contributed by atoms with Gasteiger partial charge in [-0.2, -0.15) is 5.10 Å². The van der Waals surface area contributed by atoms with Crippen LogP contribution in [0.1, 0.15) is 35.2 Å². The number of aryl methyl sites for hydroxylation is 3. The molecule has 0 saturated heterocycles. The van der Waals surface area contributed by atoms with Crippen LogP contribution in [0.2, 0.25) is 5.02 Å². The van der Waals surface area contributed by atoms with Crippen molar-refractivity contribution in [2.75, 3.05) is 5.32 Å². The monoisotopic (exact) mass is 294 g/mol. The van der Waals surface area contributed by atoms with E-state index in [-0.39, 0.29) is 5.91 Å². The highest BCUT2D eigenvalue weighted by atomic mass is 35.5. The molecule has 0 aliphatic heterocycles. The molecule has 2 aromatic heterocycles. The molecule has 0 aliphatic rings. The van der Waals surface area contributed by atoms with Crippen molar-refractivity contribution in [2.45, 2.75) is 33.7 Å². The number of nitrogens with zero attached hydrogens (tertiary/aromatic N) is 3. The zero-order valence-electron chi connectivity index (χ0n) is 12.2. The van der Waals surface area contributed by atoms with Crippen LogP contribution < -0.4 is 5.32 Å². The van der Waals surface area contributed by atoms with Gasteiger partial charge in [-0.15, -0.1) is 0 Å². The van der Waals surface area contributed by atoms with Crippen LogP contribution in [0.4, 0.5) is 5.69 Å². The normalized spacial score (nSPS) is 10.8.